The molecule has 1 atom stereocenters. The molecule has 0 aromatic heterocycles. The van der Waals surface area contributed by atoms with Crippen LogP contribution in [0.2, 0.25) is 0 Å². The summed E-state index contributed by atoms with van der Waals surface area (Å²) in [6, 6.07) is 19.2. The first-order valence-corrected chi connectivity index (χ1v) is 11.2. The molecule has 0 saturated carbocycles. The van der Waals surface area contributed by atoms with E-state index in [-0.39, 0.29) is 11.8 Å². The smallest absolute Gasteiger partial charge is 0.224 e. The largest absolute Gasteiger partial charge is 0.379 e. The normalized spacial score (nSPS) is 20.7. The minimum atomic E-state index is 0.0862. The summed E-state index contributed by atoms with van der Waals surface area (Å²) in [7, 11) is 0. The lowest BCUT2D eigenvalue weighted by Crippen LogP contribution is -2.42. The Labute approximate surface area is 180 Å². The Bertz CT molecular complexity index is 788. The Morgan fingerprint density at radius 1 is 0.867 bits per heavy atom. The van der Waals surface area contributed by atoms with Gasteiger partial charge < -0.3 is 10.1 Å². The van der Waals surface area contributed by atoms with E-state index in [1.807, 2.05) is 6.07 Å². The van der Waals surface area contributed by atoms with E-state index in [9.17, 15) is 4.79 Å². The van der Waals surface area contributed by atoms with Gasteiger partial charge in [-0.3, -0.25) is 14.6 Å². The van der Waals surface area contributed by atoms with Gasteiger partial charge in [-0.1, -0.05) is 54.6 Å². The van der Waals surface area contributed by atoms with Crippen LogP contribution in [0.25, 0.3) is 0 Å². The van der Waals surface area contributed by atoms with Crippen molar-refractivity contribution in [3.05, 3.63) is 71.3 Å². The van der Waals surface area contributed by atoms with E-state index in [1.54, 1.807) is 0 Å². The standard InChI is InChI=1S/C25H33N3O2/c29-25(24-7-4-12-28(20-24)19-22-5-2-1-3-6-22)26-17-21-8-10-23(11-9-21)18-27-13-15-30-16-14-27/h1-3,5-6,8-11,24H,4,7,12-20H2,(H,26,29). The molecule has 2 aliphatic rings. The molecule has 4 rings (SSSR count). The van der Waals surface area contributed by atoms with E-state index >= 15 is 0 Å². The van der Waals surface area contributed by atoms with Gasteiger partial charge >= 0.3 is 0 Å². The molecule has 1 unspecified atom stereocenters. The Morgan fingerprint density at radius 3 is 2.30 bits per heavy atom. The number of amides is 1. The second kappa shape index (κ2) is 10.7. The van der Waals surface area contributed by atoms with Crippen LogP contribution in [0.4, 0.5) is 0 Å². The first-order valence-electron chi connectivity index (χ1n) is 11.2. The molecule has 2 aromatic carbocycles. The third-order valence-corrected chi connectivity index (χ3v) is 6.12. The first-order chi connectivity index (χ1) is 14.8. The molecular formula is C25H33N3O2. The van der Waals surface area contributed by atoms with Crippen molar-refractivity contribution < 1.29 is 9.53 Å². The van der Waals surface area contributed by atoms with Crippen LogP contribution in [0.5, 0.6) is 0 Å². The summed E-state index contributed by atoms with van der Waals surface area (Å²) in [5, 5.41) is 3.16. The summed E-state index contributed by atoms with van der Waals surface area (Å²) >= 11 is 0. The molecule has 2 aromatic rings. The lowest BCUT2D eigenvalue weighted by Gasteiger charge is -2.32. The number of piperidine rings is 1. The number of ether oxygens (including phenoxy) is 1. The highest BCUT2D eigenvalue weighted by Gasteiger charge is 2.25. The molecule has 2 aliphatic heterocycles. The lowest BCUT2D eigenvalue weighted by atomic mass is 9.96. The number of nitrogens with zero attached hydrogens (tertiary/aromatic N) is 2. The highest BCUT2D eigenvalue weighted by atomic mass is 16.5. The predicted octanol–water partition coefficient (Wildman–Crippen LogP) is 3.05. The maximum Gasteiger partial charge on any atom is 0.224 e. The molecule has 0 bridgehead atoms. The number of nitrogens with one attached hydrogen (secondary N) is 1. The van der Waals surface area contributed by atoms with Gasteiger partial charge in [0.1, 0.15) is 0 Å². The molecule has 2 saturated heterocycles. The maximum atomic E-state index is 12.7. The minimum absolute atomic E-state index is 0.0862. The van der Waals surface area contributed by atoms with Gasteiger partial charge in [-0.2, -0.15) is 0 Å². The SMILES string of the molecule is O=C(NCc1ccc(CN2CCOCC2)cc1)C1CCCN(Cc2ccccc2)C1. The monoisotopic (exact) mass is 407 g/mol. The van der Waals surface area contributed by atoms with Gasteiger partial charge in [-0.05, 0) is 36.1 Å². The lowest BCUT2D eigenvalue weighted by molar-refractivity contribution is -0.126. The fourth-order valence-electron chi connectivity index (χ4n) is 4.37. The van der Waals surface area contributed by atoms with Crippen LogP contribution in [-0.2, 0) is 29.2 Å². The molecule has 0 radical (unpaired) electrons. The van der Waals surface area contributed by atoms with Crippen LogP contribution in [-0.4, -0.2) is 55.1 Å². The van der Waals surface area contributed by atoms with Crippen molar-refractivity contribution in [3.63, 3.8) is 0 Å². The highest BCUT2D eigenvalue weighted by molar-refractivity contribution is 5.79. The molecule has 2 fully saturated rings. The van der Waals surface area contributed by atoms with Crippen molar-refractivity contribution >= 4 is 5.91 Å². The second-order valence-corrected chi connectivity index (χ2v) is 8.48. The number of likely N-dealkylation sites (tertiary alicyclic amines) is 1. The maximum absolute atomic E-state index is 12.7. The number of carbonyl (C=O) groups is 1. The number of carbonyl (C=O) groups excluding carboxylic acids is 1. The third kappa shape index (κ3) is 6.14. The minimum Gasteiger partial charge on any atom is -0.379 e. The highest BCUT2D eigenvalue weighted by Crippen LogP contribution is 2.19. The topological polar surface area (TPSA) is 44.8 Å². The van der Waals surface area contributed by atoms with E-state index in [0.717, 1.165) is 70.9 Å². The van der Waals surface area contributed by atoms with Crippen molar-refractivity contribution in [1.29, 1.82) is 0 Å². The van der Waals surface area contributed by atoms with Gasteiger partial charge in [0.15, 0.2) is 0 Å². The Kier molecular flexibility index (Phi) is 7.51. The van der Waals surface area contributed by atoms with Gasteiger partial charge in [0, 0.05) is 39.3 Å². The van der Waals surface area contributed by atoms with Crippen molar-refractivity contribution in [3.8, 4) is 0 Å². The molecule has 1 N–H and O–H groups in total. The third-order valence-electron chi connectivity index (χ3n) is 6.12. The van der Waals surface area contributed by atoms with E-state index in [1.165, 1.54) is 11.1 Å². The molecule has 2 heterocycles. The summed E-state index contributed by atoms with van der Waals surface area (Å²) in [4.78, 5) is 17.6. The number of morpholine rings is 1. The molecule has 5 nitrogen and oxygen atoms in total. The van der Waals surface area contributed by atoms with Crippen LogP contribution in [0.15, 0.2) is 54.6 Å². The van der Waals surface area contributed by atoms with E-state index < -0.39 is 0 Å². The summed E-state index contributed by atoms with van der Waals surface area (Å²) in [6.45, 7) is 8.07. The van der Waals surface area contributed by atoms with Gasteiger partial charge in [0.2, 0.25) is 5.91 Å². The van der Waals surface area contributed by atoms with Gasteiger partial charge in [-0.25, -0.2) is 0 Å². The van der Waals surface area contributed by atoms with Crippen LogP contribution in [0, 0.1) is 5.92 Å². The zero-order valence-corrected chi connectivity index (χ0v) is 17.8. The molecular weight excluding hydrogens is 374 g/mol. The fourth-order valence-corrected chi connectivity index (χ4v) is 4.37. The average molecular weight is 408 g/mol. The molecule has 1 amide bonds. The van der Waals surface area contributed by atoms with Crippen LogP contribution in [0.1, 0.15) is 29.5 Å². The Hall–Kier alpha value is -2.21. The summed E-state index contributed by atoms with van der Waals surface area (Å²) in [5.41, 5.74) is 3.79. The average Bonchev–Trinajstić information content (AvgIpc) is 2.80. The molecule has 30 heavy (non-hydrogen) atoms. The summed E-state index contributed by atoms with van der Waals surface area (Å²) < 4.78 is 5.41. The second-order valence-electron chi connectivity index (χ2n) is 8.48. The summed E-state index contributed by atoms with van der Waals surface area (Å²) in [6.07, 6.45) is 2.07. The van der Waals surface area contributed by atoms with Gasteiger partial charge in [0.05, 0.1) is 19.1 Å². The number of benzene rings is 2. The van der Waals surface area contributed by atoms with E-state index in [0.29, 0.717) is 6.54 Å². The van der Waals surface area contributed by atoms with Crippen molar-refractivity contribution in [1.82, 2.24) is 15.1 Å². The predicted molar refractivity (Wildman–Crippen MR) is 119 cm³/mol. The quantitative estimate of drug-likeness (QED) is 0.766. The zero-order valence-electron chi connectivity index (χ0n) is 17.8. The molecule has 5 heteroatoms. The van der Waals surface area contributed by atoms with Crippen LogP contribution in [0.3, 0.4) is 0 Å². The van der Waals surface area contributed by atoms with Gasteiger partial charge in [-0.15, -0.1) is 0 Å². The molecule has 0 aliphatic carbocycles. The Balaban J connectivity index is 1.22. The fraction of sp³-hybridized carbons (Fsp3) is 0.480. The number of rotatable bonds is 7. The Morgan fingerprint density at radius 2 is 1.53 bits per heavy atom. The molecule has 160 valence electrons. The number of hydrogen-bond acceptors (Lipinski definition) is 4. The zero-order chi connectivity index (χ0) is 20.6. The molecule has 0 spiro atoms. The van der Waals surface area contributed by atoms with Crippen molar-refractivity contribution in [2.75, 3.05) is 39.4 Å². The number of hydrogen-bond donors (Lipinski definition) is 1. The summed E-state index contributed by atoms with van der Waals surface area (Å²) in [5.74, 6) is 0.271. The van der Waals surface area contributed by atoms with Crippen LogP contribution >= 0.6 is 0 Å². The van der Waals surface area contributed by atoms with Crippen molar-refractivity contribution in [2.24, 2.45) is 5.92 Å². The van der Waals surface area contributed by atoms with E-state index in [2.05, 4.69) is 63.6 Å². The first kappa shape index (κ1) is 21.0. The van der Waals surface area contributed by atoms with Gasteiger partial charge in [0.25, 0.3) is 0 Å². The van der Waals surface area contributed by atoms with E-state index in [4.69, 9.17) is 4.74 Å². The van der Waals surface area contributed by atoms with Crippen LogP contribution < -0.4 is 5.32 Å². The van der Waals surface area contributed by atoms with Crippen molar-refractivity contribution in [2.45, 2.75) is 32.5 Å².